The zero-order valence-corrected chi connectivity index (χ0v) is 15.0. The van der Waals surface area contributed by atoms with Gasteiger partial charge in [0.2, 0.25) is 0 Å². The van der Waals surface area contributed by atoms with Gasteiger partial charge < -0.3 is 14.8 Å². The second kappa shape index (κ2) is 9.07. The summed E-state index contributed by atoms with van der Waals surface area (Å²) in [6, 6.07) is 6.83. The van der Waals surface area contributed by atoms with Crippen molar-refractivity contribution in [3.63, 3.8) is 0 Å². The zero-order valence-electron chi connectivity index (χ0n) is 15.0. The number of halogens is 3. The van der Waals surface area contributed by atoms with Gasteiger partial charge >= 0.3 is 12.3 Å². The van der Waals surface area contributed by atoms with Gasteiger partial charge in [-0.2, -0.15) is 5.26 Å². The SMILES string of the molecule is CC(C)[C@@](C)(C#N)NC(=O)COC(=O)/C=C/c1ccc(OC(F)(F)F)cc1. The van der Waals surface area contributed by atoms with E-state index in [2.05, 4.69) is 10.1 Å². The fourth-order valence-electron chi connectivity index (χ4n) is 1.76. The Morgan fingerprint density at radius 3 is 2.33 bits per heavy atom. The van der Waals surface area contributed by atoms with Gasteiger partial charge in [0.1, 0.15) is 11.3 Å². The number of rotatable bonds is 7. The van der Waals surface area contributed by atoms with Crippen molar-refractivity contribution in [3.8, 4) is 11.8 Å². The molecule has 0 radical (unpaired) electrons. The average Bonchev–Trinajstić information content (AvgIpc) is 2.57. The van der Waals surface area contributed by atoms with Gasteiger partial charge in [0.15, 0.2) is 6.61 Å². The maximum absolute atomic E-state index is 12.1. The van der Waals surface area contributed by atoms with Crippen LogP contribution in [0.2, 0.25) is 0 Å². The van der Waals surface area contributed by atoms with Crippen molar-refractivity contribution >= 4 is 18.0 Å². The number of carbonyl (C=O) groups is 2. The summed E-state index contributed by atoms with van der Waals surface area (Å²) in [6.07, 6.45) is -2.44. The quantitative estimate of drug-likeness (QED) is 0.576. The molecule has 1 rings (SSSR count). The summed E-state index contributed by atoms with van der Waals surface area (Å²) in [5.41, 5.74) is -0.651. The number of nitrogens with zero attached hydrogens (tertiary/aromatic N) is 1. The van der Waals surface area contributed by atoms with Gasteiger partial charge in [0, 0.05) is 6.08 Å². The van der Waals surface area contributed by atoms with E-state index in [0.717, 1.165) is 18.2 Å². The highest BCUT2D eigenvalue weighted by Crippen LogP contribution is 2.23. The van der Waals surface area contributed by atoms with Crippen LogP contribution in [0.1, 0.15) is 26.3 Å². The largest absolute Gasteiger partial charge is 0.573 e. The molecule has 0 aromatic heterocycles. The van der Waals surface area contributed by atoms with E-state index in [0.29, 0.717) is 5.56 Å². The van der Waals surface area contributed by atoms with Crippen LogP contribution in [0.3, 0.4) is 0 Å². The third kappa shape index (κ3) is 7.81. The van der Waals surface area contributed by atoms with Crippen molar-refractivity contribution in [1.29, 1.82) is 5.26 Å². The lowest BCUT2D eigenvalue weighted by atomic mass is 9.90. The maximum atomic E-state index is 12.1. The Labute approximate surface area is 154 Å². The summed E-state index contributed by atoms with van der Waals surface area (Å²) < 4.78 is 44.7. The molecule has 0 aliphatic rings. The van der Waals surface area contributed by atoms with Gasteiger partial charge in [-0.15, -0.1) is 13.2 Å². The summed E-state index contributed by atoms with van der Waals surface area (Å²) >= 11 is 0. The lowest BCUT2D eigenvalue weighted by molar-refractivity contribution is -0.274. The number of nitriles is 1. The van der Waals surface area contributed by atoms with Gasteiger partial charge in [0.05, 0.1) is 6.07 Å². The molecule has 1 aromatic rings. The molecule has 1 amide bonds. The van der Waals surface area contributed by atoms with Gasteiger partial charge in [-0.25, -0.2) is 4.79 Å². The van der Waals surface area contributed by atoms with Crippen LogP contribution in [0.15, 0.2) is 30.3 Å². The van der Waals surface area contributed by atoms with Crippen LogP contribution in [-0.4, -0.2) is 30.4 Å². The first kappa shape index (κ1) is 22.0. The number of benzene rings is 1. The number of carbonyl (C=O) groups excluding carboxylic acids is 2. The molecule has 1 N–H and O–H groups in total. The number of alkyl halides is 3. The lowest BCUT2D eigenvalue weighted by Crippen LogP contribution is -2.50. The predicted molar refractivity (Wildman–Crippen MR) is 90.1 cm³/mol. The van der Waals surface area contributed by atoms with Crippen LogP contribution >= 0.6 is 0 Å². The van der Waals surface area contributed by atoms with Crippen molar-refractivity contribution in [1.82, 2.24) is 5.32 Å². The fraction of sp³-hybridized carbons (Fsp3) is 0.389. The maximum Gasteiger partial charge on any atom is 0.573 e. The first-order valence-corrected chi connectivity index (χ1v) is 7.88. The molecule has 27 heavy (non-hydrogen) atoms. The second-order valence-corrected chi connectivity index (χ2v) is 6.07. The molecule has 1 atom stereocenters. The molecular weight excluding hydrogens is 365 g/mol. The van der Waals surface area contributed by atoms with Crippen molar-refractivity contribution < 1.29 is 32.2 Å². The molecule has 146 valence electrons. The first-order chi connectivity index (χ1) is 12.4. The Kier molecular flexibility index (Phi) is 7.40. The molecule has 0 spiro atoms. The Morgan fingerprint density at radius 2 is 1.85 bits per heavy atom. The highest BCUT2D eigenvalue weighted by Gasteiger charge is 2.31. The Hall–Kier alpha value is -3.02. The molecule has 0 unspecified atom stereocenters. The molecule has 0 aliphatic carbocycles. The Bertz CT molecular complexity index is 736. The summed E-state index contributed by atoms with van der Waals surface area (Å²) in [5, 5.41) is 11.6. The van der Waals surface area contributed by atoms with Crippen LogP contribution in [0.5, 0.6) is 5.75 Å². The molecule has 0 saturated heterocycles. The topological polar surface area (TPSA) is 88.4 Å². The van der Waals surface area contributed by atoms with E-state index in [9.17, 15) is 22.8 Å². The van der Waals surface area contributed by atoms with Crippen molar-refractivity contribution in [2.45, 2.75) is 32.7 Å². The summed E-state index contributed by atoms with van der Waals surface area (Å²) in [6.45, 7) is 4.53. The zero-order chi connectivity index (χ0) is 20.7. The van der Waals surface area contributed by atoms with Crippen LogP contribution in [-0.2, 0) is 14.3 Å². The van der Waals surface area contributed by atoms with Crippen LogP contribution < -0.4 is 10.1 Å². The van der Waals surface area contributed by atoms with Gasteiger partial charge in [-0.05, 0) is 36.6 Å². The van der Waals surface area contributed by atoms with Crippen LogP contribution in [0.4, 0.5) is 13.2 Å². The third-order valence-electron chi connectivity index (χ3n) is 3.66. The minimum atomic E-state index is -4.78. The summed E-state index contributed by atoms with van der Waals surface area (Å²) in [5.74, 6) is -1.97. The smallest absolute Gasteiger partial charge is 0.452 e. The number of nitrogens with one attached hydrogen (secondary N) is 1. The van der Waals surface area contributed by atoms with Gasteiger partial charge in [-0.3, -0.25) is 4.79 Å². The van der Waals surface area contributed by atoms with Crippen LogP contribution in [0.25, 0.3) is 6.08 Å². The molecule has 0 heterocycles. The van der Waals surface area contributed by atoms with Crippen LogP contribution in [0, 0.1) is 17.2 Å². The molecule has 0 aliphatic heterocycles. The molecule has 6 nitrogen and oxygen atoms in total. The standard InChI is InChI=1S/C18H19F3N2O4/c1-12(2)17(3,11-22)23-15(24)10-26-16(25)9-6-13-4-7-14(8-5-13)27-18(19,20)21/h4-9,12H,10H2,1-3H3,(H,23,24)/b9-6+/t17-/m1/s1. The second-order valence-electron chi connectivity index (χ2n) is 6.07. The average molecular weight is 384 g/mol. The van der Waals surface area contributed by atoms with E-state index in [1.807, 2.05) is 6.07 Å². The van der Waals surface area contributed by atoms with Gasteiger partial charge in [-0.1, -0.05) is 26.0 Å². The lowest BCUT2D eigenvalue weighted by Gasteiger charge is -2.27. The third-order valence-corrected chi connectivity index (χ3v) is 3.66. The molecule has 0 fully saturated rings. The summed E-state index contributed by atoms with van der Waals surface area (Å²) in [4.78, 5) is 23.4. The van der Waals surface area contributed by atoms with E-state index < -0.39 is 30.4 Å². The minimum absolute atomic E-state index is 0.147. The van der Waals surface area contributed by atoms with E-state index in [-0.39, 0.29) is 11.7 Å². The molecule has 0 saturated carbocycles. The first-order valence-electron chi connectivity index (χ1n) is 7.88. The predicted octanol–water partition coefficient (Wildman–Crippen LogP) is 3.20. The minimum Gasteiger partial charge on any atom is -0.452 e. The number of amides is 1. The van der Waals surface area contributed by atoms with Crippen molar-refractivity contribution in [2.24, 2.45) is 5.92 Å². The van der Waals surface area contributed by atoms with E-state index in [1.165, 1.54) is 18.2 Å². The molecule has 0 bridgehead atoms. The number of esters is 1. The Morgan fingerprint density at radius 1 is 1.26 bits per heavy atom. The number of hydrogen-bond donors (Lipinski definition) is 1. The normalized spacial score (nSPS) is 13.7. The van der Waals surface area contributed by atoms with Gasteiger partial charge in [0.25, 0.3) is 5.91 Å². The molecular formula is C18H19F3N2O4. The van der Waals surface area contributed by atoms with E-state index in [4.69, 9.17) is 10.00 Å². The highest BCUT2D eigenvalue weighted by molar-refractivity contribution is 5.89. The van der Waals surface area contributed by atoms with Crippen molar-refractivity contribution in [2.75, 3.05) is 6.61 Å². The number of hydrogen-bond acceptors (Lipinski definition) is 5. The fourth-order valence-corrected chi connectivity index (χ4v) is 1.76. The van der Waals surface area contributed by atoms with E-state index >= 15 is 0 Å². The summed E-state index contributed by atoms with van der Waals surface area (Å²) in [7, 11) is 0. The molecule has 9 heteroatoms. The number of ether oxygens (including phenoxy) is 2. The van der Waals surface area contributed by atoms with Crippen molar-refractivity contribution in [3.05, 3.63) is 35.9 Å². The monoisotopic (exact) mass is 384 g/mol. The molecule has 1 aromatic carbocycles. The van der Waals surface area contributed by atoms with E-state index in [1.54, 1.807) is 20.8 Å². The highest BCUT2D eigenvalue weighted by atomic mass is 19.4. The Balaban J connectivity index is 2.53.